The first-order valence-corrected chi connectivity index (χ1v) is 4.99. The number of rotatable bonds is 2. The topological polar surface area (TPSA) is 64.9 Å². The molecule has 0 saturated heterocycles. The zero-order valence-electron chi connectivity index (χ0n) is 8.88. The van der Waals surface area contributed by atoms with Crippen LogP contribution in [0.25, 0.3) is 5.83 Å². The first-order valence-electron chi connectivity index (χ1n) is 4.99. The van der Waals surface area contributed by atoms with Crippen molar-refractivity contribution in [3.05, 3.63) is 17.3 Å². The van der Waals surface area contributed by atoms with Crippen LogP contribution in [0.2, 0.25) is 0 Å². The summed E-state index contributed by atoms with van der Waals surface area (Å²) in [4.78, 5) is 3.99. The molecule has 5 heteroatoms. The number of nitrogens with zero attached hydrogens (tertiary/aromatic N) is 2. The molecule has 0 bridgehead atoms. The van der Waals surface area contributed by atoms with Crippen molar-refractivity contribution in [1.29, 1.82) is 0 Å². The van der Waals surface area contributed by atoms with Gasteiger partial charge in [0.2, 0.25) is 0 Å². The average molecular weight is 211 g/mol. The fourth-order valence-corrected chi connectivity index (χ4v) is 1.51. The van der Waals surface area contributed by atoms with Crippen LogP contribution in [0.4, 0.5) is 4.39 Å². The lowest BCUT2D eigenvalue weighted by molar-refractivity contribution is 0.229. The summed E-state index contributed by atoms with van der Waals surface area (Å²) in [5, 5.41) is 3.73. The van der Waals surface area contributed by atoms with Crippen LogP contribution in [0.3, 0.4) is 0 Å². The Labute approximate surface area is 87.3 Å². The molecular weight excluding hydrogens is 197 g/mol. The lowest BCUT2D eigenvalue weighted by Gasteiger charge is -2.34. The highest BCUT2D eigenvalue weighted by atomic mass is 19.1. The second kappa shape index (κ2) is 3.41. The monoisotopic (exact) mass is 211 g/mol. The van der Waals surface area contributed by atoms with E-state index in [1.54, 1.807) is 13.8 Å². The highest BCUT2D eigenvalue weighted by molar-refractivity contribution is 5.53. The van der Waals surface area contributed by atoms with Crippen LogP contribution in [-0.4, -0.2) is 10.1 Å². The molecule has 1 aliphatic rings. The predicted octanol–water partition coefficient (Wildman–Crippen LogP) is 2.13. The van der Waals surface area contributed by atoms with E-state index in [0.717, 1.165) is 19.3 Å². The predicted molar refractivity (Wildman–Crippen MR) is 53.4 cm³/mol. The normalized spacial score (nSPS) is 18.4. The molecule has 2 N–H and O–H groups in total. The molecule has 1 aliphatic carbocycles. The molecule has 1 fully saturated rings. The molecular formula is C10H14FN3O. The van der Waals surface area contributed by atoms with Gasteiger partial charge in [-0.25, -0.2) is 4.39 Å². The van der Waals surface area contributed by atoms with E-state index >= 15 is 0 Å². The Morgan fingerprint density at radius 2 is 2.13 bits per heavy atom. The zero-order valence-corrected chi connectivity index (χ0v) is 8.88. The lowest BCUT2D eigenvalue weighted by Crippen LogP contribution is -2.44. The molecule has 0 aromatic carbocycles. The molecule has 0 amide bonds. The molecule has 0 atom stereocenters. The van der Waals surface area contributed by atoms with E-state index in [1.807, 2.05) is 0 Å². The van der Waals surface area contributed by atoms with Gasteiger partial charge >= 0.3 is 0 Å². The van der Waals surface area contributed by atoms with Crippen LogP contribution < -0.4 is 5.73 Å². The van der Waals surface area contributed by atoms with Crippen molar-refractivity contribution in [1.82, 2.24) is 10.1 Å². The van der Waals surface area contributed by atoms with Crippen molar-refractivity contribution < 1.29 is 8.91 Å². The van der Waals surface area contributed by atoms with Gasteiger partial charge in [-0.15, -0.1) is 0 Å². The van der Waals surface area contributed by atoms with Gasteiger partial charge in [-0.1, -0.05) is 5.16 Å². The Balaban J connectivity index is 2.28. The lowest BCUT2D eigenvalue weighted by atomic mass is 9.77. The maximum absolute atomic E-state index is 13.4. The quantitative estimate of drug-likeness (QED) is 0.813. The van der Waals surface area contributed by atoms with E-state index < -0.39 is 11.4 Å². The van der Waals surface area contributed by atoms with Crippen LogP contribution in [0, 0.1) is 0 Å². The molecule has 1 saturated carbocycles. The van der Waals surface area contributed by atoms with Crippen molar-refractivity contribution in [2.75, 3.05) is 0 Å². The number of hydrogen-bond donors (Lipinski definition) is 1. The fourth-order valence-electron chi connectivity index (χ4n) is 1.51. The van der Waals surface area contributed by atoms with Crippen LogP contribution >= 0.6 is 0 Å². The molecule has 0 unspecified atom stereocenters. The van der Waals surface area contributed by atoms with Crippen molar-refractivity contribution in [2.24, 2.45) is 5.73 Å². The molecule has 82 valence electrons. The highest BCUT2D eigenvalue weighted by Gasteiger charge is 2.39. The summed E-state index contributed by atoms with van der Waals surface area (Å²) >= 11 is 0. The van der Waals surface area contributed by atoms with Gasteiger partial charge in [-0.3, -0.25) is 0 Å². The standard InChI is InChI=1S/C10H14FN3O/c1-6(2)7(11)8-13-9(14-15-8)10(12)4-3-5-10/h3-5,12H2,1-2H3. The first-order chi connectivity index (χ1) is 7.03. The molecule has 1 aromatic heterocycles. The van der Waals surface area contributed by atoms with Crippen LogP contribution in [0.15, 0.2) is 10.1 Å². The number of aromatic nitrogens is 2. The molecule has 1 heterocycles. The Hall–Kier alpha value is -1.23. The minimum atomic E-state index is -0.496. The van der Waals surface area contributed by atoms with E-state index in [4.69, 9.17) is 10.3 Å². The van der Waals surface area contributed by atoms with Crippen molar-refractivity contribution >= 4 is 5.83 Å². The second-order valence-corrected chi connectivity index (χ2v) is 4.25. The minimum absolute atomic E-state index is 0.0678. The number of hydrogen-bond acceptors (Lipinski definition) is 4. The maximum atomic E-state index is 13.4. The SMILES string of the molecule is CC(C)=C(F)c1nc(C2(N)CCC2)no1. The van der Waals surface area contributed by atoms with Gasteiger partial charge in [0.05, 0.1) is 5.54 Å². The van der Waals surface area contributed by atoms with Gasteiger partial charge in [0.15, 0.2) is 11.7 Å². The third-order valence-electron chi connectivity index (χ3n) is 2.74. The molecule has 0 spiro atoms. The van der Waals surface area contributed by atoms with Gasteiger partial charge in [-0.2, -0.15) is 4.98 Å². The van der Waals surface area contributed by atoms with Crippen molar-refractivity contribution in [3.8, 4) is 0 Å². The Kier molecular flexibility index (Phi) is 2.34. The summed E-state index contributed by atoms with van der Waals surface area (Å²) in [5.74, 6) is -0.112. The van der Waals surface area contributed by atoms with Crippen molar-refractivity contribution in [2.45, 2.75) is 38.6 Å². The van der Waals surface area contributed by atoms with Gasteiger partial charge in [0, 0.05) is 0 Å². The molecule has 1 aromatic rings. The maximum Gasteiger partial charge on any atom is 0.286 e. The van der Waals surface area contributed by atoms with Gasteiger partial charge in [0.25, 0.3) is 5.89 Å². The van der Waals surface area contributed by atoms with Gasteiger partial charge < -0.3 is 10.3 Å². The minimum Gasteiger partial charge on any atom is -0.331 e. The highest BCUT2D eigenvalue weighted by Crippen LogP contribution is 2.37. The first kappa shape index (κ1) is 10.3. The summed E-state index contributed by atoms with van der Waals surface area (Å²) in [7, 11) is 0. The van der Waals surface area contributed by atoms with Crippen LogP contribution in [0.5, 0.6) is 0 Å². The molecule has 0 aliphatic heterocycles. The zero-order chi connectivity index (χ0) is 11.1. The van der Waals surface area contributed by atoms with E-state index in [9.17, 15) is 4.39 Å². The number of allylic oxidation sites excluding steroid dienone is 1. The molecule has 2 rings (SSSR count). The number of halogens is 1. The number of nitrogens with two attached hydrogens (primary N) is 1. The summed E-state index contributed by atoms with van der Waals surface area (Å²) in [5.41, 5.74) is 6.01. The second-order valence-electron chi connectivity index (χ2n) is 4.25. The Morgan fingerprint density at radius 3 is 2.60 bits per heavy atom. The molecule has 0 radical (unpaired) electrons. The Bertz CT molecular complexity index is 403. The van der Waals surface area contributed by atoms with E-state index in [2.05, 4.69) is 10.1 Å². The summed E-state index contributed by atoms with van der Waals surface area (Å²) in [6.45, 7) is 3.31. The smallest absolute Gasteiger partial charge is 0.286 e. The largest absolute Gasteiger partial charge is 0.331 e. The van der Waals surface area contributed by atoms with Gasteiger partial charge in [0.1, 0.15) is 0 Å². The van der Waals surface area contributed by atoms with Crippen molar-refractivity contribution in [3.63, 3.8) is 0 Å². The Morgan fingerprint density at radius 1 is 1.47 bits per heavy atom. The summed E-state index contributed by atoms with van der Waals surface area (Å²) in [6.07, 6.45) is 2.73. The molecule has 4 nitrogen and oxygen atoms in total. The third-order valence-corrected chi connectivity index (χ3v) is 2.74. The van der Waals surface area contributed by atoms with Crippen LogP contribution in [-0.2, 0) is 5.54 Å². The summed E-state index contributed by atoms with van der Waals surface area (Å²) in [6, 6.07) is 0. The third kappa shape index (κ3) is 1.67. The fraction of sp³-hybridized carbons (Fsp3) is 0.600. The summed E-state index contributed by atoms with van der Waals surface area (Å²) < 4.78 is 18.3. The van der Waals surface area contributed by atoms with E-state index in [-0.39, 0.29) is 5.89 Å². The molecule has 15 heavy (non-hydrogen) atoms. The van der Waals surface area contributed by atoms with Crippen LogP contribution in [0.1, 0.15) is 44.8 Å². The van der Waals surface area contributed by atoms with E-state index in [1.165, 1.54) is 0 Å². The average Bonchev–Trinajstić information content (AvgIpc) is 2.61. The van der Waals surface area contributed by atoms with E-state index in [0.29, 0.717) is 11.4 Å². The van der Waals surface area contributed by atoms with Gasteiger partial charge in [-0.05, 0) is 38.7 Å².